The average Bonchev–Trinajstić information content (AvgIpc) is 2.88. The second-order valence-corrected chi connectivity index (χ2v) is 3.61. The van der Waals surface area contributed by atoms with E-state index in [1.165, 1.54) is 0 Å². The summed E-state index contributed by atoms with van der Waals surface area (Å²) in [5.41, 5.74) is 0.450. The zero-order valence-corrected chi connectivity index (χ0v) is 9.39. The number of hydrogen-bond acceptors (Lipinski definition) is 3. The van der Waals surface area contributed by atoms with Crippen molar-refractivity contribution >= 4 is 5.91 Å². The lowest BCUT2D eigenvalue weighted by Crippen LogP contribution is -2.25. The minimum atomic E-state index is -0.134. The molecule has 0 saturated heterocycles. The summed E-state index contributed by atoms with van der Waals surface area (Å²) in [5.74, 6) is 0.808. The Morgan fingerprint density at radius 3 is 2.94 bits per heavy atom. The predicted molar refractivity (Wildman–Crippen MR) is 63.5 cm³/mol. The Hall–Kier alpha value is -2.17. The number of rotatable bonds is 5. The van der Waals surface area contributed by atoms with Gasteiger partial charge in [-0.1, -0.05) is 6.07 Å². The van der Waals surface area contributed by atoms with Gasteiger partial charge in [0.05, 0.1) is 0 Å². The first-order chi connectivity index (χ1) is 8.36. The molecular weight excluding hydrogens is 216 g/mol. The molecule has 88 valence electrons. The third kappa shape index (κ3) is 3.41. The van der Waals surface area contributed by atoms with Crippen LogP contribution in [-0.2, 0) is 6.42 Å². The van der Waals surface area contributed by atoms with E-state index < -0.39 is 0 Å². The van der Waals surface area contributed by atoms with Crippen LogP contribution in [-0.4, -0.2) is 27.4 Å². The monoisotopic (exact) mass is 230 g/mol. The van der Waals surface area contributed by atoms with E-state index in [2.05, 4.69) is 20.3 Å². The Morgan fingerprint density at radius 2 is 2.24 bits per heavy atom. The molecule has 5 heteroatoms. The van der Waals surface area contributed by atoms with E-state index in [1.807, 2.05) is 0 Å². The first-order valence-corrected chi connectivity index (χ1v) is 5.54. The third-order valence-corrected chi connectivity index (χ3v) is 2.33. The van der Waals surface area contributed by atoms with Gasteiger partial charge in [0.15, 0.2) is 0 Å². The van der Waals surface area contributed by atoms with Crippen LogP contribution in [0.25, 0.3) is 0 Å². The highest BCUT2D eigenvalue weighted by Gasteiger charge is 2.04. The van der Waals surface area contributed by atoms with Crippen LogP contribution in [0.3, 0.4) is 0 Å². The fraction of sp³-hybridized carbons (Fsp3) is 0.250. The van der Waals surface area contributed by atoms with Gasteiger partial charge in [0.25, 0.3) is 5.91 Å². The Balaban J connectivity index is 1.70. The molecule has 0 fully saturated rings. The van der Waals surface area contributed by atoms with Crippen LogP contribution >= 0.6 is 0 Å². The standard InChI is InChI=1S/C12H14N4O/c17-12(10-4-1-2-6-13-10)16-7-3-5-11-14-8-9-15-11/h1-2,4,6,8-9H,3,5,7H2,(H,14,15)(H,16,17). The van der Waals surface area contributed by atoms with Crippen LogP contribution in [0.4, 0.5) is 0 Å². The van der Waals surface area contributed by atoms with Gasteiger partial charge < -0.3 is 10.3 Å². The lowest BCUT2D eigenvalue weighted by atomic mass is 10.3. The molecule has 1 amide bonds. The lowest BCUT2D eigenvalue weighted by Gasteiger charge is -2.03. The Kier molecular flexibility index (Phi) is 3.85. The number of hydrogen-bond donors (Lipinski definition) is 2. The summed E-state index contributed by atoms with van der Waals surface area (Å²) in [5, 5.41) is 2.82. The first-order valence-electron chi connectivity index (χ1n) is 5.54. The molecule has 0 spiro atoms. The van der Waals surface area contributed by atoms with Gasteiger partial charge in [-0.2, -0.15) is 0 Å². The summed E-state index contributed by atoms with van der Waals surface area (Å²) < 4.78 is 0. The Bertz CT molecular complexity index is 453. The number of nitrogens with zero attached hydrogens (tertiary/aromatic N) is 2. The number of carbonyl (C=O) groups is 1. The summed E-state index contributed by atoms with van der Waals surface area (Å²) in [6, 6.07) is 5.28. The van der Waals surface area contributed by atoms with Crippen molar-refractivity contribution < 1.29 is 4.79 Å². The minimum Gasteiger partial charge on any atom is -0.351 e. The van der Waals surface area contributed by atoms with Gasteiger partial charge in [0, 0.05) is 31.6 Å². The molecule has 5 nitrogen and oxygen atoms in total. The molecule has 0 aromatic carbocycles. The second kappa shape index (κ2) is 5.79. The van der Waals surface area contributed by atoms with E-state index in [9.17, 15) is 4.79 Å². The SMILES string of the molecule is O=C(NCCCc1ncc[nH]1)c1ccccn1. The Labute approximate surface area is 99.3 Å². The van der Waals surface area contributed by atoms with E-state index >= 15 is 0 Å². The van der Waals surface area contributed by atoms with Gasteiger partial charge >= 0.3 is 0 Å². The van der Waals surface area contributed by atoms with Crippen LogP contribution in [0, 0.1) is 0 Å². The van der Waals surface area contributed by atoms with Crippen molar-refractivity contribution in [2.24, 2.45) is 0 Å². The molecular formula is C12H14N4O. The molecule has 0 radical (unpaired) electrons. The lowest BCUT2D eigenvalue weighted by molar-refractivity contribution is 0.0948. The molecule has 0 aliphatic heterocycles. The molecule has 0 bridgehead atoms. The average molecular weight is 230 g/mol. The molecule has 2 N–H and O–H groups in total. The molecule has 2 aromatic heterocycles. The zero-order chi connectivity index (χ0) is 11.9. The van der Waals surface area contributed by atoms with Crippen molar-refractivity contribution in [2.45, 2.75) is 12.8 Å². The maximum Gasteiger partial charge on any atom is 0.269 e. The van der Waals surface area contributed by atoms with E-state index in [1.54, 1.807) is 36.8 Å². The molecule has 2 heterocycles. The van der Waals surface area contributed by atoms with Crippen molar-refractivity contribution in [1.82, 2.24) is 20.3 Å². The van der Waals surface area contributed by atoms with Crippen LogP contribution < -0.4 is 5.32 Å². The second-order valence-electron chi connectivity index (χ2n) is 3.61. The predicted octanol–water partition coefficient (Wildman–Crippen LogP) is 1.17. The number of aromatic amines is 1. The summed E-state index contributed by atoms with van der Waals surface area (Å²) in [7, 11) is 0. The highest BCUT2D eigenvalue weighted by molar-refractivity contribution is 5.92. The smallest absolute Gasteiger partial charge is 0.269 e. The quantitative estimate of drug-likeness (QED) is 0.757. The van der Waals surface area contributed by atoms with Crippen LogP contribution in [0.1, 0.15) is 22.7 Å². The number of amides is 1. The number of imidazole rings is 1. The van der Waals surface area contributed by atoms with Gasteiger partial charge in [-0.15, -0.1) is 0 Å². The van der Waals surface area contributed by atoms with Crippen molar-refractivity contribution in [3.05, 3.63) is 48.3 Å². The number of nitrogens with one attached hydrogen (secondary N) is 2. The third-order valence-electron chi connectivity index (χ3n) is 2.33. The van der Waals surface area contributed by atoms with Gasteiger partial charge in [-0.05, 0) is 18.6 Å². The van der Waals surface area contributed by atoms with Gasteiger partial charge in [-0.3, -0.25) is 9.78 Å². The number of aryl methyl sites for hydroxylation is 1. The first kappa shape index (κ1) is 11.3. The number of aromatic nitrogens is 3. The van der Waals surface area contributed by atoms with Gasteiger partial charge in [0.1, 0.15) is 11.5 Å². The Morgan fingerprint density at radius 1 is 1.29 bits per heavy atom. The largest absolute Gasteiger partial charge is 0.351 e. The molecule has 0 unspecified atom stereocenters. The molecule has 17 heavy (non-hydrogen) atoms. The molecule has 0 aliphatic carbocycles. The van der Waals surface area contributed by atoms with Crippen LogP contribution in [0.5, 0.6) is 0 Å². The van der Waals surface area contributed by atoms with E-state index in [0.29, 0.717) is 12.2 Å². The summed E-state index contributed by atoms with van der Waals surface area (Å²) in [4.78, 5) is 22.7. The summed E-state index contributed by atoms with van der Waals surface area (Å²) >= 11 is 0. The van der Waals surface area contributed by atoms with Crippen LogP contribution in [0.15, 0.2) is 36.8 Å². The topological polar surface area (TPSA) is 70.7 Å². The normalized spacial score (nSPS) is 10.1. The molecule has 2 aromatic rings. The highest BCUT2D eigenvalue weighted by Crippen LogP contribution is 1.95. The number of pyridine rings is 1. The number of carbonyl (C=O) groups excluding carboxylic acids is 1. The number of H-pyrrole nitrogens is 1. The summed E-state index contributed by atoms with van der Waals surface area (Å²) in [6.45, 7) is 0.621. The van der Waals surface area contributed by atoms with Gasteiger partial charge in [-0.25, -0.2) is 4.98 Å². The van der Waals surface area contributed by atoms with E-state index in [0.717, 1.165) is 18.7 Å². The minimum absolute atomic E-state index is 0.134. The summed E-state index contributed by atoms with van der Waals surface area (Å²) in [6.07, 6.45) is 6.81. The molecule has 2 rings (SSSR count). The van der Waals surface area contributed by atoms with Crippen molar-refractivity contribution in [1.29, 1.82) is 0 Å². The molecule has 0 aliphatic rings. The van der Waals surface area contributed by atoms with Crippen LogP contribution in [0.2, 0.25) is 0 Å². The fourth-order valence-electron chi connectivity index (χ4n) is 1.48. The van der Waals surface area contributed by atoms with Crippen molar-refractivity contribution in [2.75, 3.05) is 6.54 Å². The van der Waals surface area contributed by atoms with Crippen molar-refractivity contribution in [3.63, 3.8) is 0 Å². The van der Waals surface area contributed by atoms with E-state index in [-0.39, 0.29) is 5.91 Å². The maximum absolute atomic E-state index is 11.6. The van der Waals surface area contributed by atoms with E-state index in [4.69, 9.17) is 0 Å². The van der Waals surface area contributed by atoms with Crippen molar-refractivity contribution in [3.8, 4) is 0 Å². The highest BCUT2D eigenvalue weighted by atomic mass is 16.1. The maximum atomic E-state index is 11.6. The fourth-order valence-corrected chi connectivity index (χ4v) is 1.48. The molecule has 0 atom stereocenters. The molecule has 0 saturated carbocycles. The zero-order valence-electron chi connectivity index (χ0n) is 9.39. The van der Waals surface area contributed by atoms with Gasteiger partial charge in [0.2, 0.25) is 0 Å².